The van der Waals surface area contributed by atoms with Crippen molar-refractivity contribution in [2.45, 2.75) is 0 Å². The maximum Gasteiger partial charge on any atom is 0.238 e. The summed E-state index contributed by atoms with van der Waals surface area (Å²) in [5.74, 6) is 3.13. The van der Waals surface area contributed by atoms with E-state index in [0.29, 0.717) is 35.2 Å². The number of para-hydroxylation sites is 8. The maximum absolute atomic E-state index is 5.84. The van der Waals surface area contributed by atoms with E-state index in [9.17, 15) is 0 Å². The Morgan fingerprint density at radius 3 is 1.07 bits per heavy atom. The van der Waals surface area contributed by atoms with Crippen LogP contribution in [0.1, 0.15) is 0 Å². The van der Waals surface area contributed by atoms with Crippen LogP contribution in [-0.2, 0) is 0 Å². The molecular formula is C120H72N12S. The lowest BCUT2D eigenvalue weighted by Crippen LogP contribution is -2.07. The summed E-state index contributed by atoms with van der Waals surface area (Å²) in [6.07, 6.45) is 0. The van der Waals surface area contributed by atoms with Crippen LogP contribution in [0.3, 0.4) is 0 Å². The molecule has 28 rings (SSSR count). The molecule has 9 heterocycles. The second-order valence-electron chi connectivity index (χ2n) is 34.4. The third-order valence-corrected chi connectivity index (χ3v) is 28.2. The van der Waals surface area contributed by atoms with Crippen molar-refractivity contribution in [1.82, 2.24) is 57.3 Å². The molecule has 0 saturated heterocycles. The molecule has 28 aromatic rings. The van der Waals surface area contributed by atoms with Crippen LogP contribution in [0.5, 0.6) is 0 Å². The van der Waals surface area contributed by atoms with E-state index in [-0.39, 0.29) is 0 Å². The van der Waals surface area contributed by atoms with Crippen molar-refractivity contribution in [2.75, 3.05) is 0 Å². The Kier molecular flexibility index (Phi) is 16.4. The highest BCUT2D eigenvalue weighted by Gasteiger charge is 2.31. The van der Waals surface area contributed by atoms with Crippen LogP contribution in [0.4, 0.5) is 0 Å². The largest absolute Gasteiger partial charge is 0.309 e. The molecule has 12 nitrogen and oxygen atoms in total. The van der Waals surface area contributed by atoms with E-state index in [2.05, 4.69) is 434 Å². The van der Waals surface area contributed by atoms with Crippen LogP contribution < -0.4 is 0 Å². The van der Waals surface area contributed by atoms with Gasteiger partial charge >= 0.3 is 0 Å². The summed E-state index contributed by atoms with van der Waals surface area (Å²) in [5.41, 5.74) is 26.8. The molecule has 0 spiro atoms. The van der Waals surface area contributed by atoms with Gasteiger partial charge in [-0.3, -0.25) is 9.13 Å². The van der Waals surface area contributed by atoms with Crippen molar-refractivity contribution in [3.63, 3.8) is 0 Å². The van der Waals surface area contributed by atoms with Gasteiger partial charge in [-0.2, -0.15) is 19.9 Å². The molecule has 618 valence electrons. The zero-order valence-electron chi connectivity index (χ0n) is 71.3. The normalized spacial score (nSPS) is 12.1. The first-order valence-corrected chi connectivity index (χ1v) is 45.8. The van der Waals surface area contributed by atoms with E-state index >= 15 is 0 Å². The van der Waals surface area contributed by atoms with Gasteiger partial charge in [-0.1, -0.05) is 309 Å². The topological polar surface area (TPSA) is 107 Å². The molecule has 0 atom stereocenters. The second kappa shape index (κ2) is 29.4. The Bertz CT molecular complexity index is 9650. The van der Waals surface area contributed by atoms with E-state index < -0.39 is 0 Å². The average molecular weight is 1710 g/mol. The van der Waals surface area contributed by atoms with Gasteiger partial charge in [-0.15, -0.1) is 11.3 Å². The molecule has 0 aliphatic rings. The third-order valence-electron chi connectivity index (χ3n) is 27.1. The number of nitrogens with zero attached hydrogens (tertiary/aromatic N) is 12. The molecule has 0 amide bonds. The SMILES string of the molecule is c1ccc(-c2ccc(-c3nc(-c4ccccc4)nc(-n4c5ccccc5c5c(-c6cccc(-c7nc(-c8ccccc8)nc(-n8c9ccccc9c9ccc%10c%11c(-c%12ccc%13c(c%12)c%12ccccc%12n%13-c%12ccc%13sc%14ccc(-n%15c%16ccccc%16c%16ccccc%16%15)cc%14c%13c%12)cccc%11n(-c%11ccccc%11)c%10c98)n7)c6)cc6c7ccccc7n(-c7ccccc7)c6c54)n3)cc2)cc1. The minimum absolute atomic E-state index is 0.481. The first-order chi connectivity index (χ1) is 66.0. The minimum atomic E-state index is 0.481. The Morgan fingerprint density at radius 2 is 0.511 bits per heavy atom. The van der Waals surface area contributed by atoms with Crippen molar-refractivity contribution < 1.29 is 0 Å². The zero-order valence-corrected chi connectivity index (χ0v) is 72.2. The molecule has 0 bridgehead atoms. The Morgan fingerprint density at radius 1 is 0.158 bits per heavy atom. The molecule has 13 heteroatoms. The van der Waals surface area contributed by atoms with Crippen LogP contribution in [0.2, 0.25) is 0 Å². The Hall–Kier alpha value is -17.8. The van der Waals surface area contributed by atoms with Crippen LogP contribution in [0, 0.1) is 0 Å². The molecule has 0 aliphatic carbocycles. The summed E-state index contributed by atoms with van der Waals surface area (Å²) in [6, 6.07) is 158. The summed E-state index contributed by atoms with van der Waals surface area (Å²) in [5, 5.41) is 15.9. The molecule has 0 radical (unpaired) electrons. The highest BCUT2D eigenvalue weighted by molar-refractivity contribution is 7.25. The molecule has 9 aromatic heterocycles. The van der Waals surface area contributed by atoms with Crippen LogP contribution in [0.25, 0.3) is 265 Å². The summed E-state index contributed by atoms with van der Waals surface area (Å²) < 4.78 is 16.9. The predicted molar refractivity (Wildman–Crippen MR) is 550 cm³/mol. The fourth-order valence-corrected chi connectivity index (χ4v) is 22.4. The van der Waals surface area contributed by atoms with E-state index in [1.54, 1.807) is 0 Å². The lowest BCUT2D eigenvalue weighted by molar-refractivity contribution is 0.953. The number of fused-ring (bicyclic) bond motifs is 23. The number of hydrogen-bond acceptors (Lipinski definition) is 7. The Labute approximate surface area is 764 Å². The second-order valence-corrected chi connectivity index (χ2v) is 35.5. The van der Waals surface area contributed by atoms with Gasteiger partial charge in [-0.25, -0.2) is 9.97 Å². The quantitative estimate of drug-likeness (QED) is 0.114. The zero-order chi connectivity index (χ0) is 87.0. The van der Waals surface area contributed by atoms with Gasteiger partial charge in [0, 0.05) is 130 Å². The van der Waals surface area contributed by atoms with Crippen molar-refractivity contribution in [3.8, 4) is 114 Å². The number of benzene rings is 19. The highest BCUT2D eigenvalue weighted by Crippen LogP contribution is 2.51. The molecular weight excluding hydrogens is 1640 g/mol. The first kappa shape index (κ1) is 74.3. The maximum atomic E-state index is 5.84. The fraction of sp³-hybridized carbons (Fsp3) is 0. The molecule has 133 heavy (non-hydrogen) atoms. The molecule has 0 saturated carbocycles. The lowest BCUT2D eigenvalue weighted by atomic mass is 9.95. The van der Waals surface area contributed by atoms with E-state index in [4.69, 9.17) is 29.9 Å². The predicted octanol–water partition coefficient (Wildman–Crippen LogP) is 30.7. The summed E-state index contributed by atoms with van der Waals surface area (Å²) in [6.45, 7) is 0. The third kappa shape index (κ3) is 11.5. The fourth-order valence-electron chi connectivity index (χ4n) is 21.3. The van der Waals surface area contributed by atoms with E-state index in [1.807, 2.05) is 41.7 Å². The van der Waals surface area contributed by atoms with Crippen LogP contribution >= 0.6 is 11.3 Å². The summed E-state index contributed by atoms with van der Waals surface area (Å²) >= 11 is 1.85. The van der Waals surface area contributed by atoms with Gasteiger partial charge in [0.15, 0.2) is 23.3 Å². The van der Waals surface area contributed by atoms with Crippen molar-refractivity contribution in [1.29, 1.82) is 0 Å². The average Bonchev–Trinajstić information content (AvgIpc) is 1.52. The molecule has 19 aromatic carbocycles. The molecule has 0 unspecified atom stereocenters. The minimum Gasteiger partial charge on any atom is -0.309 e. The number of rotatable bonds is 13. The molecule has 0 aliphatic heterocycles. The smallest absolute Gasteiger partial charge is 0.238 e. The number of hydrogen-bond donors (Lipinski definition) is 0. The highest BCUT2D eigenvalue weighted by atomic mass is 32.1. The monoisotopic (exact) mass is 1710 g/mol. The van der Waals surface area contributed by atoms with E-state index in [0.717, 1.165) is 177 Å². The van der Waals surface area contributed by atoms with Crippen molar-refractivity contribution >= 4 is 162 Å². The van der Waals surface area contributed by atoms with Crippen molar-refractivity contribution in [2.24, 2.45) is 0 Å². The van der Waals surface area contributed by atoms with Crippen LogP contribution in [-0.4, -0.2) is 57.3 Å². The summed E-state index contributed by atoms with van der Waals surface area (Å²) in [7, 11) is 0. The first-order valence-electron chi connectivity index (χ1n) is 45.0. The Balaban J connectivity index is 0.634. The van der Waals surface area contributed by atoms with Gasteiger partial charge in [0.2, 0.25) is 11.9 Å². The van der Waals surface area contributed by atoms with E-state index in [1.165, 1.54) is 52.8 Å². The van der Waals surface area contributed by atoms with Crippen molar-refractivity contribution in [3.05, 3.63) is 437 Å². The van der Waals surface area contributed by atoms with Gasteiger partial charge < -0.3 is 18.3 Å². The number of aromatic nitrogens is 12. The van der Waals surface area contributed by atoms with Crippen LogP contribution in [0.15, 0.2) is 437 Å². The van der Waals surface area contributed by atoms with Gasteiger partial charge in [0.05, 0.1) is 66.2 Å². The van der Waals surface area contributed by atoms with Gasteiger partial charge in [0.1, 0.15) is 0 Å². The molecule has 0 N–H and O–H groups in total. The molecule has 0 fully saturated rings. The number of thiophene rings is 1. The standard InChI is InChI=1S/C120H72N12S/c1-6-30-73(31-7-1)74-56-58-77(59-57-74)117-121-115(75-32-8-2-9-33-75)124-120(125-117)132-104-54-27-21-47-92(104)110-94(72-98-90-46-20-25-52-102(90)129(113(98)114(110)132)81-38-12-4-13-39-81)78-36-28-37-80(68-78)118-122-116(76-34-10-3-11-35-76)123-119(126-118)131-103-53-26-18-44-88(103)91-63-64-93-109-85(48-29-55-106(109)130(112(93)111(91)131)82-40-14-5-15-41-82)79-60-65-105-95(69-79)89-45-19-24-51-101(89)128(105)84-62-67-108-97(71-84)96-70-83(61-66-107(96)133-108)127-99-49-22-16-42-86(99)87-43-17-23-50-100(87)127/h1-72H. The lowest BCUT2D eigenvalue weighted by Gasteiger charge is -2.15. The van der Waals surface area contributed by atoms with Gasteiger partial charge in [-0.05, 0) is 161 Å². The summed E-state index contributed by atoms with van der Waals surface area (Å²) in [4.78, 5) is 33.6. The van der Waals surface area contributed by atoms with Gasteiger partial charge in [0.25, 0.3) is 0 Å².